The third-order valence-electron chi connectivity index (χ3n) is 2.39. The van der Waals surface area contributed by atoms with E-state index < -0.39 is 20.8 Å². The maximum atomic E-state index is 12.1. The number of H-pyrrole nitrogens is 1. The molecule has 1 aromatic rings. The highest BCUT2D eigenvalue weighted by Crippen LogP contribution is 2.20. The number of aromatic amines is 1. The molecule has 1 aromatic heterocycles. The van der Waals surface area contributed by atoms with Crippen molar-refractivity contribution in [2.45, 2.75) is 4.90 Å². The molecule has 0 saturated carbocycles. The van der Waals surface area contributed by atoms with Gasteiger partial charge in [0.2, 0.25) is 10.0 Å². The van der Waals surface area contributed by atoms with Crippen molar-refractivity contribution in [3.05, 3.63) is 6.20 Å². The van der Waals surface area contributed by atoms with Crippen LogP contribution in [0.4, 0.5) is 5.82 Å². The number of hydrogen-bond acceptors (Lipinski definition) is 5. The van der Waals surface area contributed by atoms with Crippen molar-refractivity contribution in [2.24, 2.45) is 0 Å². The van der Waals surface area contributed by atoms with Crippen molar-refractivity contribution in [2.75, 3.05) is 30.3 Å². The number of hydrogen-bond donors (Lipinski definition) is 2. The summed E-state index contributed by atoms with van der Waals surface area (Å²) in [6.07, 6.45) is 1.19. The highest BCUT2D eigenvalue weighted by atomic mass is 32.2. The molecule has 2 heterocycles. The molecule has 0 aliphatic carbocycles. The third kappa shape index (κ3) is 1.97. The summed E-state index contributed by atoms with van der Waals surface area (Å²) in [6, 6.07) is 0. The number of rotatable bonds is 2. The number of aromatic nitrogens is 2. The quantitative estimate of drug-likeness (QED) is 0.693. The van der Waals surface area contributed by atoms with Crippen LogP contribution in [0.25, 0.3) is 0 Å². The first-order valence-electron chi connectivity index (χ1n) is 4.66. The van der Waals surface area contributed by atoms with Crippen molar-refractivity contribution in [3.63, 3.8) is 0 Å². The van der Waals surface area contributed by atoms with E-state index in [1.165, 1.54) is 10.5 Å². The van der Waals surface area contributed by atoms with Crippen LogP contribution in [-0.2, 0) is 20.8 Å². The Bertz CT molecular complexity index is 499. The van der Waals surface area contributed by atoms with E-state index in [0.29, 0.717) is 11.5 Å². The first-order chi connectivity index (χ1) is 7.51. The Hall–Kier alpha value is -0.930. The minimum absolute atomic E-state index is 0.0137. The Labute approximate surface area is 95.5 Å². The molecule has 3 N–H and O–H groups in total. The lowest BCUT2D eigenvalue weighted by Crippen LogP contribution is -2.41. The molecular weight excluding hydrogens is 252 g/mol. The molecule has 0 atom stereocenters. The van der Waals surface area contributed by atoms with E-state index in [4.69, 9.17) is 5.73 Å². The van der Waals surface area contributed by atoms with E-state index in [0.717, 1.165) is 0 Å². The van der Waals surface area contributed by atoms with E-state index in [9.17, 15) is 12.6 Å². The van der Waals surface area contributed by atoms with Gasteiger partial charge in [-0.15, -0.1) is 0 Å². The Morgan fingerprint density at radius 1 is 1.44 bits per heavy atom. The molecule has 0 radical (unpaired) electrons. The summed E-state index contributed by atoms with van der Waals surface area (Å²) in [7, 11) is -4.50. The van der Waals surface area contributed by atoms with Crippen molar-refractivity contribution in [1.29, 1.82) is 0 Å². The molecule has 0 spiro atoms. The second-order valence-electron chi connectivity index (χ2n) is 3.40. The molecule has 1 saturated heterocycles. The summed E-state index contributed by atoms with van der Waals surface area (Å²) in [5.74, 6) is 0.778. The van der Waals surface area contributed by atoms with Gasteiger partial charge in [0.25, 0.3) is 0 Å². The molecule has 0 bridgehead atoms. The summed E-state index contributed by atoms with van der Waals surface area (Å²) < 4.78 is 36.5. The maximum Gasteiger partial charge on any atom is 0.248 e. The Morgan fingerprint density at radius 3 is 2.56 bits per heavy atom. The predicted molar refractivity (Wildman–Crippen MR) is 59.6 cm³/mol. The van der Waals surface area contributed by atoms with Gasteiger partial charge in [0.1, 0.15) is 10.7 Å². The van der Waals surface area contributed by atoms with Crippen LogP contribution in [0.15, 0.2) is 11.1 Å². The van der Waals surface area contributed by atoms with Crippen LogP contribution < -0.4 is 5.73 Å². The number of nitrogens with two attached hydrogens (primary N) is 1. The van der Waals surface area contributed by atoms with Gasteiger partial charge in [0.15, 0.2) is 0 Å². The fraction of sp³-hybridized carbons (Fsp3) is 0.571. The number of anilines is 1. The lowest BCUT2D eigenvalue weighted by molar-refractivity contribution is 0.439. The standard InChI is InChI=1S/C7H12N4O3S2/c8-7-6(5-9-10-7)16(13,14)11-1-3-15(12)4-2-11/h5H,1-4H2,(H3,8,9,10). The van der Waals surface area contributed by atoms with Crippen LogP contribution in [0, 0.1) is 0 Å². The lowest BCUT2D eigenvalue weighted by Gasteiger charge is -2.24. The van der Waals surface area contributed by atoms with Crippen LogP contribution in [-0.4, -0.2) is 51.7 Å². The van der Waals surface area contributed by atoms with E-state index in [1.54, 1.807) is 0 Å². The fourth-order valence-corrected chi connectivity index (χ4v) is 4.23. The van der Waals surface area contributed by atoms with Crippen LogP contribution in [0.5, 0.6) is 0 Å². The highest BCUT2D eigenvalue weighted by Gasteiger charge is 2.30. The van der Waals surface area contributed by atoms with Gasteiger partial charge >= 0.3 is 0 Å². The van der Waals surface area contributed by atoms with Crippen LogP contribution >= 0.6 is 0 Å². The first kappa shape index (κ1) is 11.6. The summed E-state index contributed by atoms with van der Waals surface area (Å²) >= 11 is 0. The number of sulfonamides is 1. The zero-order valence-electron chi connectivity index (χ0n) is 8.42. The van der Waals surface area contributed by atoms with Crippen LogP contribution in [0.2, 0.25) is 0 Å². The molecule has 2 rings (SSSR count). The van der Waals surface area contributed by atoms with Crippen molar-refractivity contribution in [3.8, 4) is 0 Å². The van der Waals surface area contributed by atoms with Gasteiger partial charge in [-0.05, 0) is 0 Å². The highest BCUT2D eigenvalue weighted by molar-refractivity contribution is 7.89. The molecule has 90 valence electrons. The van der Waals surface area contributed by atoms with Gasteiger partial charge in [-0.3, -0.25) is 9.31 Å². The second-order valence-corrected chi connectivity index (χ2v) is 7.00. The topological polar surface area (TPSA) is 109 Å². The van der Waals surface area contributed by atoms with Gasteiger partial charge in [-0.25, -0.2) is 8.42 Å². The van der Waals surface area contributed by atoms with Gasteiger partial charge < -0.3 is 5.73 Å². The molecule has 7 nitrogen and oxygen atoms in total. The fourth-order valence-electron chi connectivity index (χ4n) is 1.49. The van der Waals surface area contributed by atoms with Crippen LogP contribution in [0.1, 0.15) is 0 Å². The van der Waals surface area contributed by atoms with Crippen molar-refractivity contribution < 1.29 is 12.6 Å². The Kier molecular flexibility index (Phi) is 3.00. The summed E-state index contributed by atoms with van der Waals surface area (Å²) in [5, 5.41) is 5.97. The van der Waals surface area contributed by atoms with E-state index in [-0.39, 0.29) is 23.8 Å². The average Bonchev–Trinajstić information content (AvgIpc) is 2.66. The molecule has 0 unspecified atom stereocenters. The van der Waals surface area contributed by atoms with Gasteiger partial charge in [0.05, 0.1) is 6.20 Å². The smallest absolute Gasteiger partial charge is 0.248 e. The molecular formula is C7H12N4O3S2. The Morgan fingerprint density at radius 2 is 2.06 bits per heavy atom. The average molecular weight is 264 g/mol. The molecule has 0 aromatic carbocycles. The number of nitrogens with one attached hydrogen (secondary N) is 1. The first-order valence-corrected chi connectivity index (χ1v) is 7.58. The molecule has 1 fully saturated rings. The minimum Gasteiger partial charge on any atom is -0.383 e. The van der Waals surface area contributed by atoms with Crippen LogP contribution in [0.3, 0.4) is 0 Å². The second kappa shape index (κ2) is 4.15. The molecule has 9 heteroatoms. The Balaban J connectivity index is 2.27. The lowest BCUT2D eigenvalue weighted by atomic mass is 10.6. The van der Waals surface area contributed by atoms with Gasteiger partial charge in [-0.1, -0.05) is 0 Å². The van der Waals surface area contributed by atoms with Crippen molar-refractivity contribution in [1.82, 2.24) is 14.5 Å². The zero-order valence-corrected chi connectivity index (χ0v) is 10.1. The molecule has 1 aliphatic heterocycles. The molecule has 1 aliphatic rings. The minimum atomic E-state index is -3.59. The SMILES string of the molecule is Nc1[nH]ncc1S(=O)(=O)N1CCS(=O)CC1. The van der Waals surface area contributed by atoms with E-state index in [2.05, 4.69) is 10.2 Å². The van der Waals surface area contributed by atoms with E-state index >= 15 is 0 Å². The normalized spacial score (nSPS) is 20.0. The van der Waals surface area contributed by atoms with Gasteiger partial charge in [0, 0.05) is 35.4 Å². The summed E-state index contributed by atoms with van der Waals surface area (Å²) in [6.45, 7) is 0.527. The molecule has 0 amide bonds. The molecule has 16 heavy (non-hydrogen) atoms. The summed E-state index contributed by atoms with van der Waals surface area (Å²) in [5.41, 5.74) is 5.48. The van der Waals surface area contributed by atoms with Crippen molar-refractivity contribution >= 4 is 26.6 Å². The summed E-state index contributed by atoms with van der Waals surface area (Å²) in [4.78, 5) is -0.0137. The largest absolute Gasteiger partial charge is 0.383 e. The van der Waals surface area contributed by atoms with Gasteiger partial charge in [-0.2, -0.15) is 9.40 Å². The number of nitrogen functional groups attached to an aromatic ring is 1. The zero-order chi connectivity index (χ0) is 11.8. The monoisotopic (exact) mass is 264 g/mol. The maximum absolute atomic E-state index is 12.1. The third-order valence-corrected chi connectivity index (χ3v) is 5.59. The van der Waals surface area contributed by atoms with E-state index in [1.807, 2.05) is 0 Å². The predicted octanol–water partition coefficient (Wildman–Crippen LogP) is -1.26. The number of nitrogens with zero attached hydrogens (tertiary/aromatic N) is 2.